The monoisotopic (exact) mass is 398 g/mol. The second-order valence-electron chi connectivity index (χ2n) is 8.66. The molecule has 0 N–H and O–H groups in total. The predicted molar refractivity (Wildman–Crippen MR) is 112 cm³/mol. The molecule has 2 aliphatic rings. The zero-order valence-electron chi connectivity index (χ0n) is 17.1. The largest absolute Gasteiger partial charge is 0.416 e. The number of alkyl halides is 3. The van der Waals surface area contributed by atoms with Crippen LogP contribution in [-0.2, 0) is 31.9 Å². The van der Waals surface area contributed by atoms with Gasteiger partial charge in [0.2, 0.25) is 0 Å². The number of halogens is 3. The van der Waals surface area contributed by atoms with Crippen LogP contribution in [0.4, 0.5) is 13.2 Å². The molecular weight excluding hydrogens is 369 g/mol. The summed E-state index contributed by atoms with van der Waals surface area (Å²) in [4.78, 5) is 0. The Hall–Kier alpha value is -2.03. The van der Waals surface area contributed by atoms with Crippen molar-refractivity contribution in [2.45, 2.75) is 70.4 Å². The third-order valence-corrected chi connectivity index (χ3v) is 6.83. The Labute approximate surface area is 171 Å². The van der Waals surface area contributed by atoms with Crippen molar-refractivity contribution in [1.29, 1.82) is 0 Å². The normalized spacial score (nSPS) is 21.8. The van der Waals surface area contributed by atoms with Gasteiger partial charge >= 0.3 is 6.18 Å². The van der Waals surface area contributed by atoms with Crippen molar-refractivity contribution in [3.63, 3.8) is 0 Å². The highest BCUT2D eigenvalue weighted by molar-refractivity contribution is 5.45. The minimum atomic E-state index is -4.26. The molecule has 29 heavy (non-hydrogen) atoms. The molecule has 2 atom stereocenters. The lowest BCUT2D eigenvalue weighted by Crippen LogP contribution is -2.20. The van der Waals surface area contributed by atoms with Crippen LogP contribution in [0.25, 0.3) is 0 Å². The first-order chi connectivity index (χ1) is 14.0. The molecular formula is C26H29F3. The predicted octanol–water partition coefficient (Wildman–Crippen LogP) is 7.44. The van der Waals surface area contributed by atoms with E-state index in [1.165, 1.54) is 60.9 Å². The number of hydrogen-bond acceptors (Lipinski definition) is 0. The van der Waals surface area contributed by atoms with Gasteiger partial charge in [0.25, 0.3) is 0 Å². The van der Waals surface area contributed by atoms with E-state index in [4.69, 9.17) is 0 Å². The third kappa shape index (κ3) is 4.44. The number of fused-ring (bicyclic) bond motifs is 3. The minimum absolute atomic E-state index is 0.319. The molecule has 0 bridgehead atoms. The SMILES string of the molecule is CC=CCCC1CCc2c(ccc3c2CCC(c2ccc(C(F)(F)F)cc2)C3)C1. The van der Waals surface area contributed by atoms with E-state index in [0.717, 1.165) is 30.7 Å². The van der Waals surface area contributed by atoms with E-state index in [1.54, 1.807) is 17.7 Å². The fourth-order valence-corrected chi connectivity index (χ4v) is 5.22. The Morgan fingerprint density at radius 3 is 2.21 bits per heavy atom. The Bertz CT molecular complexity index is 874. The molecule has 2 aromatic rings. The first-order valence-electron chi connectivity index (χ1n) is 10.9. The zero-order valence-corrected chi connectivity index (χ0v) is 17.1. The second-order valence-corrected chi connectivity index (χ2v) is 8.66. The van der Waals surface area contributed by atoms with E-state index in [9.17, 15) is 13.2 Å². The highest BCUT2D eigenvalue weighted by Crippen LogP contribution is 2.39. The molecule has 0 aromatic heterocycles. The Morgan fingerprint density at radius 1 is 0.897 bits per heavy atom. The maximum absolute atomic E-state index is 12.8. The molecule has 3 heteroatoms. The smallest absolute Gasteiger partial charge is 0.166 e. The average Bonchev–Trinajstić information content (AvgIpc) is 2.73. The van der Waals surface area contributed by atoms with Gasteiger partial charge in [-0.05, 0) is 110 Å². The highest BCUT2D eigenvalue weighted by Gasteiger charge is 2.31. The van der Waals surface area contributed by atoms with Gasteiger partial charge in [0.1, 0.15) is 0 Å². The molecule has 0 amide bonds. The van der Waals surface area contributed by atoms with Crippen molar-refractivity contribution in [2.75, 3.05) is 0 Å². The van der Waals surface area contributed by atoms with Crippen LogP contribution in [0, 0.1) is 5.92 Å². The van der Waals surface area contributed by atoms with Gasteiger partial charge in [0.05, 0.1) is 5.56 Å². The van der Waals surface area contributed by atoms with Crippen LogP contribution in [0.3, 0.4) is 0 Å². The number of hydrogen-bond donors (Lipinski definition) is 0. The first-order valence-corrected chi connectivity index (χ1v) is 10.9. The van der Waals surface area contributed by atoms with Crippen molar-refractivity contribution in [3.8, 4) is 0 Å². The summed E-state index contributed by atoms with van der Waals surface area (Å²) in [6.07, 6.45) is 9.28. The lowest BCUT2D eigenvalue weighted by atomic mass is 9.73. The zero-order chi connectivity index (χ0) is 20.4. The van der Waals surface area contributed by atoms with E-state index < -0.39 is 11.7 Å². The van der Waals surface area contributed by atoms with Crippen LogP contribution in [0.5, 0.6) is 0 Å². The molecule has 0 aliphatic heterocycles. The van der Waals surface area contributed by atoms with Gasteiger partial charge in [-0.25, -0.2) is 0 Å². The van der Waals surface area contributed by atoms with Crippen LogP contribution < -0.4 is 0 Å². The maximum atomic E-state index is 12.8. The van der Waals surface area contributed by atoms with E-state index in [1.807, 2.05) is 0 Å². The Kier molecular flexibility index (Phi) is 5.85. The summed E-state index contributed by atoms with van der Waals surface area (Å²) in [5.41, 5.74) is 6.54. The van der Waals surface area contributed by atoms with Gasteiger partial charge in [0.15, 0.2) is 0 Å². The van der Waals surface area contributed by atoms with Gasteiger partial charge in [0, 0.05) is 0 Å². The standard InChI is InChI=1S/C26H29F3/c1-2-3-4-5-18-6-14-24-21(16-18)7-8-22-17-20(11-15-25(22)24)19-9-12-23(13-10-19)26(27,28)29/h2-3,7-10,12-13,18,20H,4-6,11,14-17H2,1H3. The second kappa shape index (κ2) is 8.38. The fourth-order valence-electron chi connectivity index (χ4n) is 5.22. The molecule has 0 radical (unpaired) electrons. The van der Waals surface area contributed by atoms with Crippen LogP contribution >= 0.6 is 0 Å². The first kappa shape index (κ1) is 20.3. The molecule has 2 aliphatic carbocycles. The van der Waals surface area contributed by atoms with Crippen molar-refractivity contribution < 1.29 is 13.2 Å². The Morgan fingerprint density at radius 2 is 1.55 bits per heavy atom. The van der Waals surface area contributed by atoms with Gasteiger partial charge in [-0.3, -0.25) is 0 Å². The van der Waals surface area contributed by atoms with Gasteiger partial charge in [-0.2, -0.15) is 13.2 Å². The molecule has 2 aromatic carbocycles. The van der Waals surface area contributed by atoms with E-state index >= 15 is 0 Å². The molecule has 0 saturated heterocycles. The summed E-state index contributed by atoms with van der Waals surface area (Å²) in [5.74, 6) is 1.11. The van der Waals surface area contributed by atoms with Gasteiger partial charge in [-0.15, -0.1) is 0 Å². The summed E-state index contributed by atoms with van der Waals surface area (Å²) in [5, 5.41) is 0. The summed E-state index contributed by atoms with van der Waals surface area (Å²) >= 11 is 0. The van der Waals surface area contributed by atoms with Crippen molar-refractivity contribution in [2.24, 2.45) is 5.92 Å². The summed E-state index contributed by atoms with van der Waals surface area (Å²) in [6.45, 7) is 2.08. The third-order valence-electron chi connectivity index (χ3n) is 6.83. The molecule has 0 heterocycles. The van der Waals surface area contributed by atoms with Crippen molar-refractivity contribution in [1.82, 2.24) is 0 Å². The van der Waals surface area contributed by atoms with E-state index in [0.29, 0.717) is 5.92 Å². The molecule has 154 valence electrons. The maximum Gasteiger partial charge on any atom is 0.416 e. The fraction of sp³-hybridized carbons (Fsp3) is 0.462. The molecule has 0 saturated carbocycles. The molecule has 2 unspecified atom stereocenters. The van der Waals surface area contributed by atoms with E-state index in [-0.39, 0.29) is 0 Å². The van der Waals surface area contributed by atoms with Crippen molar-refractivity contribution >= 4 is 0 Å². The van der Waals surface area contributed by atoms with Crippen molar-refractivity contribution in [3.05, 3.63) is 81.9 Å². The van der Waals surface area contributed by atoms with Crippen LogP contribution in [-0.4, -0.2) is 0 Å². The number of rotatable bonds is 4. The summed E-state index contributed by atoms with van der Waals surface area (Å²) in [6, 6.07) is 10.4. The van der Waals surface area contributed by atoms with Crippen LogP contribution in [0.2, 0.25) is 0 Å². The lowest BCUT2D eigenvalue weighted by molar-refractivity contribution is -0.137. The molecule has 0 nitrogen and oxygen atoms in total. The summed E-state index contributed by atoms with van der Waals surface area (Å²) < 4.78 is 38.5. The molecule has 4 rings (SSSR count). The van der Waals surface area contributed by atoms with Gasteiger partial charge < -0.3 is 0 Å². The molecule has 0 fully saturated rings. The average molecular weight is 399 g/mol. The minimum Gasteiger partial charge on any atom is -0.166 e. The van der Waals surface area contributed by atoms with E-state index in [2.05, 4.69) is 31.2 Å². The highest BCUT2D eigenvalue weighted by atomic mass is 19.4. The number of benzene rings is 2. The lowest BCUT2D eigenvalue weighted by Gasteiger charge is -2.32. The quantitative estimate of drug-likeness (QED) is 0.470. The van der Waals surface area contributed by atoms with Crippen LogP contribution in [0.1, 0.15) is 71.9 Å². The van der Waals surface area contributed by atoms with Crippen LogP contribution in [0.15, 0.2) is 48.6 Å². The topological polar surface area (TPSA) is 0 Å². The number of allylic oxidation sites excluding steroid dienone is 2. The molecule has 0 spiro atoms. The summed E-state index contributed by atoms with van der Waals surface area (Å²) in [7, 11) is 0. The Balaban J connectivity index is 1.47. The van der Waals surface area contributed by atoms with Gasteiger partial charge in [-0.1, -0.05) is 36.4 Å².